The van der Waals surface area contributed by atoms with Gasteiger partial charge in [-0.2, -0.15) is 4.31 Å². The maximum atomic E-state index is 12.8. The Kier molecular flexibility index (Phi) is 9.90. The number of amides is 1. The van der Waals surface area contributed by atoms with E-state index in [1.165, 1.54) is 16.4 Å². The second-order valence-electron chi connectivity index (χ2n) is 7.67. The van der Waals surface area contributed by atoms with Gasteiger partial charge in [0.2, 0.25) is 10.0 Å². The normalized spacial score (nSPS) is 16.4. The third-order valence-corrected chi connectivity index (χ3v) is 7.10. The lowest BCUT2D eigenvalue weighted by molar-refractivity contribution is 0.0922. The van der Waals surface area contributed by atoms with Gasteiger partial charge in [-0.15, -0.1) is 12.4 Å². The van der Waals surface area contributed by atoms with Gasteiger partial charge in [-0.25, -0.2) is 8.42 Å². The summed E-state index contributed by atoms with van der Waals surface area (Å²) in [7, 11) is -3.51. The minimum absolute atomic E-state index is 0. The zero-order valence-corrected chi connectivity index (χ0v) is 18.8. The molecule has 0 aliphatic carbocycles. The molecule has 0 radical (unpaired) electrons. The number of halogens is 1. The Balaban J connectivity index is 0.00000392. The summed E-state index contributed by atoms with van der Waals surface area (Å²) >= 11 is 0. The monoisotopic (exact) mass is 431 g/mol. The molecule has 1 aliphatic rings. The number of nitrogens with one attached hydrogen (secondary N) is 2. The molecule has 6 nitrogen and oxygen atoms in total. The van der Waals surface area contributed by atoms with Crippen molar-refractivity contribution in [3.05, 3.63) is 29.8 Å². The molecule has 1 aromatic rings. The maximum absolute atomic E-state index is 12.8. The molecule has 8 heteroatoms. The van der Waals surface area contributed by atoms with E-state index in [0.717, 1.165) is 38.8 Å². The average Bonchev–Trinajstić information content (AvgIpc) is 2.66. The average molecular weight is 432 g/mol. The number of nitrogens with zero attached hydrogens (tertiary/aromatic N) is 1. The highest BCUT2D eigenvalue weighted by Gasteiger charge is 2.27. The van der Waals surface area contributed by atoms with Crippen LogP contribution in [0.3, 0.4) is 0 Å². The fourth-order valence-corrected chi connectivity index (χ4v) is 5.01. The molecule has 0 saturated carbocycles. The van der Waals surface area contributed by atoms with E-state index >= 15 is 0 Å². The summed E-state index contributed by atoms with van der Waals surface area (Å²) in [6, 6.07) is 6.27. The van der Waals surface area contributed by atoms with E-state index < -0.39 is 10.0 Å². The number of carbonyl (C=O) groups excluding carboxylic acids is 1. The largest absolute Gasteiger partial charge is 0.351 e. The molecule has 0 aromatic heterocycles. The molecule has 2 N–H and O–H groups in total. The van der Waals surface area contributed by atoms with Crippen molar-refractivity contribution in [2.45, 2.75) is 51.3 Å². The Labute approximate surface area is 175 Å². The highest BCUT2D eigenvalue weighted by atomic mass is 35.5. The summed E-state index contributed by atoms with van der Waals surface area (Å²) in [5.74, 6) is -0.155. The maximum Gasteiger partial charge on any atom is 0.251 e. The summed E-state index contributed by atoms with van der Waals surface area (Å²) in [6.07, 6.45) is 3.62. The van der Waals surface area contributed by atoms with Crippen molar-refractivity contribution in [2.75, 3.05) is 32.7 Å². The third-order valence-electron chi connectivity index (χ3n) is 5.19. The van der Waals surface area contributed by atoms with E-state index in [2.05, 4.69) is 17.6 Å². The molecule has 28 heavy (non-hydrogen) atoms. The van der Waals surface area contributed by atoms with Crippen molar-refractivity contribution in [3.63, 3.8) is 0 Å². The van der Waals surface area contributed by atoms with Crippen LogP contribution in [0, 0.1) is 5.41 Å². The van der Waals surface area contributed by atoms with Gasteiger partial charge in [-0.3, -0.25) is 4.79 Å². The van der Waals surface area contributed by atoms with E-state index in [9.17, 15) is 13.2 Å². The SMILES string of the molecule is CCCN(CCC)S(=O)(=O)c1ccc(C(=O)NCC2(C)CCNCC2)cc1.Cl. The number of piperidine rings is 1. The lowest BCUT2D eigenvalue weighted by atomic mass is 9.81. The number of carbonyl (C=O) groups is 1. The van der Waals surface area contributed by atoms with Crippen LogP contribution in [0.15, 0.2) is 29.2 Å². The van der Waals surface area contributed by atoms with Crippen molar-refractivity contribution >= 4 is 28.3 Å². The minimum atomic E-state index is -3.51. The Morgan fingerprint density at radius 2 is 1.64 bits per heavy atom. The fourth-order valence-electron chi connectivity index (χ4n) is 3.38. The van der Waals surface area contributed by atoms with E-state index in [0.29, 0.717) is 25.2 Å². The Morgan fingerprint density at radius 1 is 1.11 bits per heavy atom. The Hall–Kier alpha value is -1.15. The molecule has 0 unspecified atom stereocenters. The van der Waals surface area contributed by atoms with Crippen molar-refractivity contribution in [2.24, 2.45) is 5.41 Å². The summed E-state index contributed by atoms with van der Waals surface area (Å²) in [6.45, 7) is 9.73. The van der Waals surface area contributed by atoms with Crippen LogP contribution < -0.4 is 10.6 Å². The molecule has 160 valence electrons. The van der Waals surface area contributed by atoms with Gasteiger partial charge in [0.25, 0.3) is 5.91 Å². The fraction of sp³-hybridized carbons (Fsp3) is 0.650. The van der Waals surface area contributed by atoms with Crippen LogP contribution in [0.5, 0.6) is 0 Å². The number of rotatable bonds is 9. The molecule has 0 bridgehead atoms. The van der Waals surface area contributed by atoms with Gasteiger partial charge in [0.05, 0.1) is 4.90 Å². The van der Waals surface area contributed by atoms with Gasteiger partial charge in [0.1, 0.15) is 0 Å². The topological polar surface area (TPSA) is 78.5 Å². The lowest BCUT2D eigenvalue weighted by Gasteiger charge is -2.34. The van der Waals surface area contributed by atoms with Crippen molar-refractivity contribution < 1.29 is 13.2 Å². The molecule has 1 aromatic carbocycles. The Bertz CT molecular complexity index is 711. The third kappa shape index (κ3) is 6.44. The predicted octanol–water partition coefficient (Wildman–Crippen LogP) is 3.04. The molecule has 1 fully saturated rings. The molecular weight excluding hydrogens is 398 g/mol. The first-order valence-electron chi connectivity index (χ1n) is 9.91. The standard InChI is InChI=1S/C20H33N3O3S.ClH/c1-4-14-23(15-5-2)27(25,26)18-8-6-17(7-9-18)19(24)22-16-20(3)10-12-21-13-11-20;/h6-9,21H,4-5,10-16H2,1-3H3,(H,22,24);1H. The summed E-state index contributed by atoms with van der Waals surface area (Å²) in [4.78, 5) is 12.7. The summed E-state index contributed by atoms with van der Waals surface area (Å²) in [5, 5.41) is 6.34. The lowest BCUT2D eigenvalue weighted by Crippen LogP contribution is -2.42. The number of sulfonamides is 1. The van der Waals surface area contributed by atoms with Crippen molar-refractivity contribution in [3.8, 4) is 0 Å². The predicted molar refractivity (Wildman–Crippen MR) is 116 cm³/mol. The van der Waals surface area contributed by atoms with Gasteiger partial charge >= 0.3 is 0 Å². The van der Waals surface area contributed by atoms with Crippen LogP contribution in [0.4, 0.5) is 0 Å². The molecular formula is C20H34ClN3O3S. The molecule has 1 heterocycles. The zero-order chi connectivity index (χ0) is 19.9. The number of hydrogen-bond donors (Lipinski definition) is 2. The first-order valence-corrected chi connectivity index (χ1v) is 11.4. The summed E-state index contributed by atoms with van der Waals surface area (Å²) < 4.78 is 27.1. The highest BCUT2D eigenvalue weighted by molar-refractivity contribution is 7.89. The minimum Gasteiger partial charge on any atom is -0.351 e. The smallest absolute Gasteiger partial charge is 0.251 e. The summed E-state index contributed by atoms with van der Waals surface area (Å²) in [5.41, 5.74) is 0.606. The molecule has 1 aliphatic heterocycles. The van der Waals surface area contributed by atoms with E-state index in [-0.39, 0.29) is 28.6 Å². The van der Waals surface area contributed by atoms with Gasteiger partial charge in [-0.1, -0.05) is 20.8 Å². The quantitative estimate of drug-likeness (QED) is 0.629. The molecule has 0 spiro atoms. The second-order valence-corrected chi connectivity index (χ2v) is 9.61. The second kappa shape index (κ2) is 11.1. The molecule has 2 rings (SSSR count). The van der Waals surface area contributed by atoms with Crippen LogP contribution >= 0.6 is 12.4 Å². The first kappa shape index (κ1) is 24.9. The molecule has 1 saturated heterocycles. The molecule has 0 atom stereocenters. The van der Waals surface area contributed by atoms with E-state index in [4.69, 9.17) is 0 Å². The van der Waals surface area contributed by atoms with Crippen molar-refractivity contribution in [1.29, 1.82) is 0 Å². The highest BCUT2D eigenvalue weighted by Crippen LogP contribution is 2.26. The van der Waals surface area contributed by atoms with Crippen LogP contribution in [0.25, 0.3) is 0 Å². The van der Waals surface area contributed by atoms with Gasteiger partial charge in [0.15, 0.2) is 0 Å². The zero-order valence-electron chi connectivity index (χ0n) is 17.2. The van der Waals surface area contributed by atoms with E-state index in [1.54, 1.807) is 12.1 Å². The van der Waals surface area contributed by atoms with Crippen molar-refractivity contribution in [1.82, 2.24) is 14.9 Å². The van der Waals surface area contributed by atoms with Crippen LogP contribution in [-0.4, -0.2) is 51.4 Å². The first-order chi connectivity index (χ1) is 12.8. The van der Waals surface area contributed by atoms with Crippen LogP contribution in [-0.2, 0) is 10.0 Å². The number of benzene rings is 1. The van der Waals surface area contributed by atoms with Gasteiger partial charge < -0.3 is 10.6 Å². The Morgan fingerprint density at radius 3 is 2.14 bits per heavy atom. The number of hydrogen-bond acceptors (Lipinski definition) is 4. The molecule has 1 amide bonds. The van der Waals surface area contributed by atoms with E-state index in [1.807, 2.05) is 13.8 Å². The van der Waals surface area contributed by atoms with Gasteiger partial charge in [-0.05, 0) is 68.5 Å². The van der Waals surface area contributed by atoms with Gasteiger partial charge in [0, 0.05) is 25.2 Å². The van der Waals surface area contributed by atoms with Crippen LogP contribution in [0.1, 0.15) is 56.8 Å². The van der Waals surface area contributed by atoms with Crippen LogP contribution in [0.2, 0.25) is 0 Å².